The molecule has 0 aliphatic carbocycles. The molecule has 0 saturated heterocycles. The second-order valence-corrected chi connectivity index (χ2v) is 3.84. The number of hydrogen-bond donors (Lipinski definition) is 1. The molecule has 7 nitrogen and oxygen atoms in total. The summed E-state index contributed by atoms with van der Waals surface area (Å²) in [5, 5.41) is 10.8. The molecule has 0 aliphatic heterocycles. The normalized spacial score (nSPS) is 10.5. The Balaban J connectivity index is 2.49. The molecule has 94 valence electrons. The van der Waals surface area contributed by atoms with Gasteiger partial charge in [0.05, 0.1) is 11.0 Å². The maximum Gasteiger partial charge on any atom is 0.275 e. The molecule has 0 fully saturated rings. The maximum atomic E-state index is 10.8. The van der Waals surface area contributed by atoms with Crippen molar-refractivity contribution in [2.75, 3.05) is 5.73 Å². The molecule has 0 saturated carbocycles. The van der Waals surface area contributed by atoms with Gasteiger partial charge < -0.3 is 10.3 Å². The third-order valence-corrected chi connectivity index (χ3v) is 2.45. The monoisotopic (exact) mass is 247 g/mol. The van der Waals surface area contributed by atoms with Crippen molar-refractivity contribution in [1.29, 1.82) is 0 Å². The number of rotatable bonds is 4. The predicted molar refractivity (Wildman–Crippen MR) is 66.8 cm³/mol. The van der Waals surface area contributed by atoms with Crippen molar-refractivity contribution in [2.24, 2.45) is 0 Å². The van der Waals surface area contributed by atoms with E-state index in [9.17, 15) is 10.1 Å². The minimum Gasteiger partial charge on any atom is -0.383 e. The molecule has 0 spiro atoms. The van der Waals surface area contributed by atoms with Crippen molar-refractivity contribution in [3.63, 3.8) is 0 Å². The average Bonchev–Trinajstić information content (AvgIpc) is 2.77. The van der Waals surface area contributed by atoms with Crippen molar-refractivity contribution in [3.8, 4) is 11.5 Å². The largest absolute Gasteiger partial charge is 0.383 e. The van der Waals surface area contributed by atoms with E-state index in [2.05, 4.69) is 9.97 Å². The van der Waals surface area contributed by atoms with Crippen molar-refractivity contribution in [3.05, 3.63) is 34.6 Å². The Kier molecular flexibility index (Phi) is 3.22. The Hall–Kier alpha value is -2.44. The molecule has 0 aliphatic rings. The molecule has 2 N–H and O–H groups in total. The van der Waals surface area contributed by atoms with Gasteiger partial charge in [-0.2, -0.15) is 0 Å². The molecule has 7 heteroatoms. The fourth-order valence-electron chi connectivity index (χ4n) is 1.72. The fraction of sp³-hybridized carbons (Fsp3) is 0.273. The topological polar surface area (TPSA) is 99.9 Å². The molecule has 2 aromatic rings. The van der Waals surface area contributed by atoms with Crippen LogP contribution in [0, 0.1) is 10.1 Å². The third-order valence-electron chi connectivity index (χ3n) is 2.45. The highest BCUT2D eigenvalue weighted by molar-refractivity contribution is 5.59. The van der Waals surface area contributed by atoms with Crippen LogP contribution in [0.5, 0.6) is 0 Å². The summed E-state index contributed by atoms with van der Waals surface area (Å²) in [5.74, 6) is 0.706. The number of nitrogen functional groups attached to an aromatic ring is 1. The second kappa shape index (κ2) is 4.82. The molecule has 2 rings (SSSR count). The zero-order valence-corrected chi connectivity index (χ0v) is 9.91. The lowest BCUT2D eigenvalue weighted by Crippen LogP contribution is -2.02. The van der Waals surface area contributed by atoms with E-state index in [1.165, 1.54) is 12.1 Å². The molecular weight excluding hydrogens is 234 g/mol. The minimum absolute atomic E-state index is 0.0800. The first-order valence-corrected chi connectivity index (χ1v) is 5.55. The Bertz CT molecular complexity index is 579. The van der Waals surface area contributed by atoms with Crippen LogP contribution in [-0.4, -0.2) is 19.5 Å². The number of pyridine rings is 1. The van der Waals surface area contributed by atoms with Crippen LogP contribution >= 0.6 is 0 Å². The standard InChI is InChI=1S/C11H13N5O2/c1-2-4-15-5-3-13-11(15)9-6-8(16(17)18)7-10(12)14-9/h3,5-7H,2,4H2,1H3,(H2,12,14). The molecule has 2 heterocycles. The summed E-state index contributed by atoms with van der Waals surface area (Å²) >= 11 is 0. The van der Waals surface area contributed by atoms with Crippen LogP contribution in [0.25, 0.3) is 11.5 Å². The smallest absolute Gasteiger partial charge is 0.275 e. The lowest BCUT2D eigenvalue weighted by Gasteiger charge is -2.06. The number of nitro groups is 1. The van der Waals surface area contributed by atoms with E-state index in [4.69, 9.17) is 5.73 Å². The van der Waals surface area contributed by atoms with Crippen molar-refractivity contribution in [1.82, 2.24) is 14.5 Å². The van der Waals surface area contributed by atoms with E-state index in [0.717, 1.165) is 13.0 Å². The number of anilines is 1. The Labute approximate surface area is 103 Å². The van der Waals surface area contributed by atoms with Gasteiger partial charge in [-0.3, -0.25) is 10.1 Å². The van der Waals surface area contributed by atoms with E-state index >= 15 is 0 Å². The summed E-state index contributed by atoms with van der Waals surface area (Å²) in [6.45, 7) is 2.82. The van der Waals surface area contributed by atoms with Crippen molar-refractivity contribution >= 4 is 11.5 Å². The van der Waals surface area contributed by atoms with Gasteiger partial charge in [-0.15, -0.1) is 0 Å². The molecule has 0 atom stereocenters. The van der Waals surface area contributed by atoms with Crippen LogP contribution in [0.2, 0.25) is 0 Å². The molecule has 0 bridgehead atoms. The highest BCUT2D eigenvalue weighted by Gasteiger charge is 2.14. The number of imidazole rings is 1. The van der Waals surface area contributed by atoms with E-state index in [0.29, 0.717) is 11.5 Å². The van der Waals surface area contributed by atoms with Crippen LogP contribution in [0.15, 0.2) is 24.5 Å². The van der Waals surface area contributed by atoms with Gasteiger partial charge in [0.25, 0.3) is 5.69 Å². The first kappa shape index (κ1) is 12.0. The van der Waals surface area contributed by atoms with E-state index in [1.807, 2.05) is 17.7 Å². The molecule has 2 aromatic heterocycles. The summed E-state index contributed by atoms with van der Waals surface area (Å²) in [4.78, 5) is 18.5. The van der Waals surface area contributed by atoms with Crippen LogP contribution in [-0.2, 0) is 6.54 Å². The van der Waals surface area contributed by atoms with Crippen LogP contribution in [0.4, 0.5) is 11.5 Å². The van der Waals surface area contributed by atoms with Crippen molar-refractivity contribution < 1.29 is 4.92 Å². The minimum atomic E-state index is -0.491. The Morgan fingerprint density at radius 2 is 2.28 bits per heavy atom. The van der Waals surface area contributed by atoms with Gasteiger partial charge >= 0.3 is 0 Å². The van der Waals surface area contributed by atoms with Crippen molar-refractivity contribution in [2.45, 2.75) is 19.9 Å². The molecule has 0 unspecified atom stereocenters. The molecule has 0 radical (unpaired) electrons. The van der Waals surface area contributed by atoms with Crippen LogP contribution in [0.1, 0.15) is 13.3 Å². The highest BCUT2D eigenvalue weighted by Crippen LogP contribution is 2.23. The second-order valence-electron chi connectivity index (χ2n) is 3.84. The summed E-state index contributed by atoms with van der Waals surface area (Å²) in [5.41, 5.74) is 5.91. The molecule has 0 amide bonds. The molecular formula is C11H13N5O2. The van der Waals surface area contributed by atoms with E-state index < -0.39 is 4.92 Å². The highest BCUT2D eigenvalue weighted by atomic mass is 16.6. The van der Waals surface area contributed by atoms with E-state index in [-0.39, 0.29) is 11.5 Å². The Morgan fingerprint density at radius 3 is 2.94 bits per heavy atom. The lowest BCUT2D eigenvalue weighted by atomic mass is 10.3. The van der Waals surface area contributed by atoms with Gasteiger partial charge in [-0.05, 0) is 6.42 Å². The number of aryl methyl sites for hydroxylation is 1. The quantitative estimate of drug-likeness (QED) is 0.656. The summed E-state index contributed by atoms with van der Waals surface area (Å²) in [7, 11) is 0. The van der Waals surface area contributed by atoms with Gasteiger partial charge in [-0.25, -0.2) is 9.97 Å². The number of hydrogen-bond acceptors (Lipinski definition) is 5. The lowest BCUT2D eigenvalue weighted by molar-refractivity contribution is -0.384. The maximum absolute atomic E-state index is 10.8. The predicted octanol–water partition coefficient (Wildman–Crippen LogP) is 1.85. The fourth-order valence-corrected chi connectivity index (χ4v) is 1.72. The van der Waals surface area contributed by atoms with E-state index in [1.54, 1.807) is 6.20 Å². The number of aromatic nitrogens is 3. The first-order chi connectivity index (χ1) is 8.61. The SMILES string of the molecule is CCCn1ccnc1-c1cc([N+](=O)[O-])cc(N)n1. The van der Waals surface area contributed by atoms with Gasteiger partial charge in [0, 0.05) is 25.0 Å². The van der Waals surface area contributed by atoms with Gasteiger partial charge in [-0.1, -0.05) is 6.92 Å². The zero-order chi connectivity index (χ0) is 13.1. The summed E-state index contributed by atoms with van der Waals surface area (Å²) in [6.07, 6.45) is 4.39. The van der Waals surface area contributed by atoms with Crippen LogP contribution in [0.3, 0.4) is 0 Å². The third kappa shape index (κ3) is 2.29. The molecule has 0 aromatic carbocycles. The van der Waals surface area contributed by atoms with Crippen LogP contribution < -0.4 is 5.73 Å². The molecule has 18 heavy (non-hydrogen) atoms. The zero-order valence-electron chi connectivity index (χ0n) is 9.91. The number of nitrogens with two attached hydrogens (primary N) is 1. The summed E-state index contributed by atoms with van der Waals surface area (Å²) < 4.78 is 1.89. The van der Waals surface area contributed by atoms with Gasteiger partial charge in [0.15, 0.2) is 5.82 Å². The van der Waals surface area contributed by atoms with Gasteiger partial charge in [0.1, 0.15) is 11.5 Å². The first-order valence-electron chi connectivity index (χ1n) is 5.55. The Morgan fingerprint density at radius 1 is 1.50 bits per heavy atom. The average molecular weight is 247 g/mol. The van der Waals surface area contributed by atoms with Gasteiger partial charge in [0.2, 0.25) is 0 Å². The summed E-state index contributed by atoms with van der Waals surface area (Å²) in [6, 6.07) is 2.61. The number of nitrogens with zero attached hydrogens (tertiary/aromatic N) is 4.